The lowest BCUT2D eigenvalue weighted by Gasteiger charge is -2.33. The van der Waals surface area contributed by atoms with E-state index in [-0.39, 0.29) is 0 Å². The van der Waals surface area contributed by atoms with Crippen molar-refractivity contribution in [2.75, 3.05) is 19.6 Å². The van der Waals surface area contributed by atoms with E-state index in [9.17, 15) is 0 Å². The summed E-state index contributed by atoms with van der Waals surface area (Å²) in [5.74, 6) is 0.899. The summed E-state index contributed by atoms with van der Waals surface area (Å²) in [5.41, 5.74) is 6.61. The summed E-state index contributed by atoms with van der Waals surface area (Å²) in [6.45, 7) is 8.56. The van der Waals surface area contributed by atoms with Gasteiger partial charge in [0.2, 0.25) is 0 Å². The number of hydrogen-bond acceptors (Lipinski definition) is 2. The molecular weight excluding hydrogens is 172 g/mol. The fraction of sp³-hybridized carbons (Fsp3) is 1.00. The molecule has 0 spiro atoms. The van der Waals surface area contributed by atoms with Crippen LogP contribution in [0.5, 0.6) is 0 Å². The minimum Gasteiger partial charge on any atom is -0.327 e. The zero-order valence-electron chi connectivity index (χ0n) is 9.63. The summed E-state index contributed by atoms with van der Waals surface area (Å²) in [5, 5.41) is 0. The van der Waals surface area contributed by atoms with Crippen molar-refractivity contribution in [3.8, 4) is 0 Å². The van der Waals surface area contributed by atoms with E-state index in [4.69, 9.17) is 5.73 Å². The lowest BCUT2D eigenvalue weighted by atomic mass is 9.84. The van der Waals surface area contributed by atoms with Gasteiger partial charge in [-0.2, -0.15) is 0 Å². The van der Waals surface area contributed by atoms with E-state index >= 15 is 0 Å². The van der Waals surface area contributed by atoms with Crippen LogP contribution in [0.2, 0.25) is 0 Å². The Balaban J connectivity index is 1.90. The highest BCUT2D eigenvalue weighted by atomic mass is 15.2. The Bertz CT molecular complexity index is 204. The molecular formula is C12H24N2. The SMILES string of the molecule is CC1CCN(CC2(C)CCCC2N)C1. The molecule has 1 aliphatic heterocycles. The highest BCUT2D eigenvalue weighted by Gasteiger charge is 2.38. The maximum absolute atomic E-state index is 6.20. The van der Waals surface area contributed by atoms with E-state index in [2.05, 4.69) is 18.7 Å². The van der Waals surface area contributed by atoms with Crippen LogP contribution in [0.25, 0.3) is 0 Å². The molecule has 1 aliphatic carbocycles. The summed E-state index contributed by atoms with van der Waals surface area (Å²) in [7, 11) is 0. The second-order valence-corrected chi connectivity index (χ2v) is 5.78. The van der Waals surface area contributed by atoms with Gasteiger partial charge in [-0.3, -0.25) is 0 Å². The molecule has 2 N–H and O–H groups in total. The third kappa shape index (κ3) is 1.96. The number of nitrogens with zero attached hydrogens (tertiary/aromatic N) is 1. The molecule has 1 saturated carbocycles. The minimum absolute atomic E-state index is 0.407. The van der Waals surface area contributed by atoms with Crippen molar-refractivity contribution in [1.82, 2.24) is 4.90 Å². The van der Waals surface area contributed by atoms with Crippen LogP contribution in [0, 0.1) is 11.3 Å². The first-order valence-corrected chi connectivity index (χ1v) is 6.08. The Morgan fingerprint density at radius 3 is 2.71 bits per heavy atom. The quantitative estimate of drug-likeness (QED) is 0.730. The summed E-state index contributed by atoms with van der Waals surface area (Å²) in [4.78, 5) is 2.62. The van der Waals surface area contributed by atoms with Crippen molar-refractivity contribution >= 4 is 0 Å². The predicted octanol–water partition coefficient (Wildman–Crippen LogP) is 1.85. The van der Waals surface area contributed by atoms with Crippen LogP contribution in [0.15, 0.2) is 0 Å². The van der Waals surface area contributed by atoms with E-state index in [1.54, 1.807) is 0 Å². The fourth-order valence-corrected chi connectivity index (χ4v) is 3.14. The summed E-state index contributed by atoms with van der Waals surface area (Å²) in [6, 6.07) is 0.443. The molecule has 0 radical (unpaired) electrons. The topological polar surface area (TPSA) is 29.3 Å². The number of rotatable bonds is 2. The van der Waals surface area contributed by atoms with Gasteiger partial charge in [0.1, 0.15) is 0 Å². The normalized spacial score (nSPS) is 44.8. The molecule has 2 rings (SSSR count). The molecule has 3 unspecified atom stereocenters. The molecule has 0 aromatic heterocycles. The summed E-state index contributed by atoms with van der Waals surface area (Å²) >= 11 is 0. The average Bonchev–Trinajstić information content (AvgIpc) is 2.62. The molecule has 3 atom stereocenters. The van der Waals surface area contributed by atoms with Crippen LogP contribution in [-0.2, 0) is 0 Å². The van der Waals surface area contributed by atoms with Gasteiger partial charge >= 0.3 is 0 Å². The standard InChI is InChI=1S/C12H24N2/c1-10-5-7-14(8-10)9-12(2)6-3-4-11(12)13/h10-11H,3-9,13H2,1-2H3. The first kappa shape index (κ1) is 10.4. The van der Waals surface area contributed by atoms with Gasteiger partial charge in [-0.1, -0.05) is 20.3 Å². The van der Waals surface area contributed by atoms with Gasteiger partial charge in [-0.15, -0.1) is 0 Å². The van der Waals surface area contributed by atoms with E-state index in [1.165, 1.54) is 45.3 Å². The van der Waals surface area contributed by atoms with Gasteiger partial charge < -0.3 is 10.6 Å². The van der Waals surface area contributed by atoms with Crippen molar-refractivity contribution in [3.63, 3.8) is 0 Å². The van der Waals surface area contributed by atoms with Crippen LogP contribution < -0.4 is 5.73 Å². The Labute approximate surface area is 87.8 Å². The second kappa shape index (κ2) is 3.82. The van der Waals surface area contributed by atoms with Crippen LogP contribution in [0.4, 0.5) is 0 Å². The van der Waals surface area contributed by atoms with Gasteiger partial charge in [0, 0.05) is 19.1 Å². The number of hydrogen-bond donors (Lipinski definition) is 1. The van der Waals surface area contributed by atoms with E-state index in [0.717, 1.165) is 5.92 Å². The molecule has 14 heavy (non-hydrogen) atoms. The zero-order valence-corrected chi connectivity index (χ0v) is 9.63. The van der Waals surface area contributed by atoms with Gasteiger partial charge in [-0.25, -0.2) is 0 Å². The van der Waals surface area contributed by atoms with Gasteiger partial charge in [-0.05, 0) is 37.1 Å². The van der Waals surface area contributed by atoms with Crippen LogP contribution in [0.3, 0.4) is 0 Å². The average molecular weight is 196 g/mol. The molecule has 1 heterocycles. The van der Waals surface area contributed by atoms with Crippen molar-refractivity contribution in [1.29, 1.82) is 0 Å². The zero-order chi connectivity index (χ0) is 10.2. The molecule has 2 nitrogen and oxygen atoms in total. The minimum atomic E-state index is 0.407. The molecule has 2 heteroatoms. The summed E-state index contributed by atoms with van der Waals surface area (Å²) in [6.07, 6.45) is 5.28. The predicted molar refractivity (Wildman–Crippen MR) is 60.2 cm³/mol. The second-order valence-electron chi connectivity index (χ2n) is 5.78. The maximum Gasteiger partial charge on any atom is 0.0105 e. The van der Waals surface area contributed by atoms with Crippen molar-refractivity contribution in [3.05, 3.63) is 0 Å². The molecule has 0 aromatic carbocycles. The van der Waals surface area contributed by atoms with Crippen LogP contribution in [0.1, 0.15) is 39.5 Å². The Kier molecular flexibility index (Phi) is 2.85. The molecule has 0 bridgehead atoms. The molecule has 2 aliphatic rings. The maximum atomic E-state index is 6.20. The molecule has 1 saturated heterocycles. The lowest BCUT2D eigenvalue weighted by molar-refractivity contribution is 0.174. The van der Waals surface area contributed by atoms with Gasteiger partial charge in [0.05, 0.1) is 0 Å². The van der Waals surface area contributed by atoms with Crippen LogP contribution >= 0.6 is 0 Å². The number of likely N-dealkylation sites (tertiary alicyclic amines) is 1. The highest BCUT2D eigenvalue weighted by Crippen LogP contribution is 2.38. The highest BCUT2D eigenvalue weighted by molar-refractivity contribution is 4.94. The monoisotopic (exact) mass is 196 g/mol. The van der Waals surface area contributed by atoms with Crippen molar-refractivity contribution in [2.45, 2.75) is 45.6 Å². The lowest BCUT2D eigenvalue weighted by Crippen LogP contribution is -2.43. The molecule has 82 valence electrons. The third-order valence-electron chi connectivity index (χ3n) is 4.25. The van der Waals surface area contributed by atoms with Crippen molar-refractivity contribution < 1.29 is 0 Å². The fourth-order valence-electron chi connectivity index (χ4n) is 3.14. The van der Waals surface area contributed by atoms with Gasteiger partial charge in [0.25, 0.3) is 0 Å². The Morgan fingerprint density at radius 1 is 1.43 bits per heavy atom. The molecule has 2 fully saturated rings. The van der Waals surface area contributed by atoms with Crippen molar-refractivity contribution in [2.24, 2.45) is 17.1 Å². The third-order valence-corrected chi connectivity index (χ3v) is 4.25. The van der Waals surface area contributed by atoms with E-state index in [0.29, 0.717) is 11.5 Å². The Hall–Kier alpha value is -0.0800. The largest absolute Gasteiger partial charge is 0.327 e. The molecule has 0 aromatic rings. The molecule has 0 amide bonds. The first-order chi connectivity index (χ1) is 6.60. The van der Waals surface area contributed by atoms with E-state index in [1.807, 2.05) is 0 Å². The van der Waals surface area contributed by atoms with Gasteiger partial charge in [0.15, 0.2) is 0 Å². The smallest absolute Gasteiger partial charge is 0.0105 e. The first-order valence-electron chi connectivity index (χ1n) is 6.08. The van der Waals surface area contributed by atoms with Crippen LogP contribution in [-0.4, -0.2) is 30.6 Å². The summed E-state index contributed by atoms with van der Waals surface area (Å²) < 4.78 is 0. The van der Waals surface area contributed by atoms with E-state index < -0.39 is 0 Å². The Morgan fingerprint density at radius 2 is 2.21 bits per heavy atom. The number of nitrogens with two attached hydrogens (primary N) is 1.